The minimum atomic E-state index is -0.328. The predicted molar refractivity (Wildman–Crippen MR) is 110 cm³/mol. The summed E-state index contributed by atoms with van der Waals surface area (Å²) in [6, 6.07) is 8.52. The second-order valence-corrected chi connectivity index (χ2v) is 7.23. The third-order valence-electron chi connectivity index (χ3n) is 4.77. The van der Waals surface area contributed by atoms with Crippen LogP contribution in [-0.4, -0.2) is 61.4 Å². The maximum absolute atomic E-state index is 13.0. The maximum Gasteiger partial charge on any atom is 0.319 e. The predicted octanol–water partition coefficient (Wildman–Crippen LogP) is 2.92. The summed E-state index contributed by atoms with van der Waals surface area (Å²) in [4.78, 5) is 41.2. The molecule has 28 heavy (non-hydrogen) atoms. The van der Waals surface area contributed by atoms with Crippen LogP contribution >= 0.6 is 0 Å². The van der Waals surface area contributed by atoms with Gasteiger partial charge in [-0.25, -0.2) is 4.79 Å². The number of carbonyl (C=O) groups is 3. The van der Waals surface area contributed by atoms with E-state index in [1.807, 2.05) is 25.1 Å². The van der Waals surface area contributed by atoms with Gasteiger partial charge in [-0.2, -0.15) is 0 Å². The molecule has 7 heteroatoms. The van der Waals surface area contributed by atoms with Crippen molar-refractivity contribution in [2.75, 3.05) is 39.0 Å². The summed E-state index contributed by atoms with van der Waals surface area (Å²) in [6.45, 7) is 3.55. The van der Waals surface area contributed by atoms with Crippen LogP contribution in [0.2, 0.25) is 0 Å². The van der Waals surface area contributed by atoms with Crippen molar-refractivity contribution in [3.63, 3.8) is 0 Å². The molecule has 2 aromatic rings. The Morgan fingerprint density at radius 3 is 2.57 bits per heavy atom. The van der Waals surface area contributed by atoms with Gasteiger partial charge in [0.15, 0.2) is 0 Å². The van der Waals surface area contributed by atoms with Crippen molar-refractivity contribution >= 4 is 34.3 Å². The number of anilines is 1. The first-order valence-corrected chi connectivity index (χ1v) is 9.55. The van der Waals surface area contributed by atoms with Crippen LogP contribution in [0.15, 0.2) is 30.3 Å². The molecule has 1 aliphatic rings. The first-order chi connectivity index (χ1) is 13.4. The van der Waals surface area contributed by atoms with Gasteiger partial charge in [-0.15, -0.1) is 0 Å². The van der Waals surface area contributed by atoms with Gasteiger partial charge in [0.2, 0.25) is 0 Å². The Hall–Kier alpha value is -2.93. The molecule has 4 amide bonds. The lowest BCUT2D eigenvalue weighted by molar-refractivity contribution is 0.0601. The number of carbonyl (C=O) groups excluding carboxylic acids is 3. The summed E-state index contributed by atoms with van der Waals surface area (Å²) in [5.74, 6) is -0.603. The van der Waals surface area contributed by atoms with Gasteiger partial charge in [-0.3, -0.25) is 14.5 Å². The van der Waals surface area contributed by atoms with Crippen LogP contribution in [0.5, 0.6) is 0 Å². The smallest absolute Gasteiger partial charge is 0.319 e. The average molecular weight is 382 g/mol. The highest BCUT2D eigenvalue weighted by Crippen LogP contribution is 2.32. The topological polar surface area (TPSA) is 81.8 Å². The monoisotopic (exact) mass is 382 g/mol. The van der Waals surface area contributed by atoms with Crippen LogP contribution in [0.4, 0.5) is 10.5 Å². The van der Waals surface area contributed by atoms with E-state index in [1.54, 1.807) is 24.3 Å². The quantitative estimate of drug-likeness (QED) is 0.570. The number of urea groups is 1. The van der Waals surface area contributed by atoms with E-state index < -0.39 is 0 Å². The Labute approximate surface area is 164 Å². The van der Waals surface area contributed by atoms with E-state index in [1.165, 1.54) is 4.90 Å². The van der Waals surface area contributed by atoms with Crippen molar-refractivity contribution in [3.8, 4) is 0 Å². The number of imide groups is 1. The van der Waals surface area contributed by atoms with Crippen LogP contribution < -0.4 is 10.6 Å². The number of amides is 4. The molecule has 0 saturated heterocycles. The molecule has 1 aliphatic heterocycles. The van der Waals surface area contributed by atoms with Gasteiger partial charge in [-0.05, 0) is 44.1 Å². The zero-order valence-corrected chi connectivity index (χ0v) is 16.5. The Balaban J connectivity index is 1.94. The molecule has 0 bridgehead atoms. The second-order valence-electron chi connectivity index (χ2n) is 7.23. The number of unbranched alkanes of at least 4 members (excludes halogenated alkanes) is 1. The average Bonchev–Trinajstić information content (AvgIpc) is 2.65. The molecule has 2 N–H and O–H groups in total. The number of nitrogens with one attached hydrogen (secondary N) is 2. The summed E-state index contributed by atoms with van der Waals surface area (Å²) < 4.78 is 0. The van der Waals surface area contributed by atoms with Crippen molar-refractivity contribution in [2.24, 2.45) is 0 Å². The fourth-order valence-corrected chi connectivity index (χ4v) is 3.29. The van der Waals surface area contributed by atoms with Crippen molar-refractivity contribution < 1.29 is 14.4 Å². The van der Waals surface area contributed by atoms with Gasteiger partial charge in [0.1, 0.15) is 0 Å². The molecule has 3 rings (SSSR count). The van der Waals surface area contributed by atoms with Gasteiger partial charge in [0.25, 0.3) is 11.8 Å². The number of rotatable bonds is 7. The van der Waals surface area contributed by atoms with Gasteiger partial charge in [0.05, 0.1) is 5.56 Å². The Morgan fingerprint density at radius 2 is 1.86 bits per heavy atom. The Kier molecular flexibility index (Phi) is 5.94. The molecule has 0 unspecified atom stereocenters. The van der Waals surface area contributed by atoms with Crippen molar-refractivity contribution in [2.45, 2.75) is 19.8 Å². The van der Waals surface area contributed by atoms with E-state index in [2.05, 4.69) is 17.6 Å². The molecule has 0 saturated carbocycles. The third-order valence-corrected chi connectivity index (χ3v) is 4.77. The van der Waals surface area contributed by atoms with Crippen LogP contribution in [0.3, 0.4) is 0 Å². The lowest BCUT2D eigenvalue weighted by Crippen LogP contribution is -2.43. The molecule has 2 aromatic carbocycles. The molecule has 0 spiro atoms. The molecule has 0 atom stereocenters. The molecular weight excluding hydrogens is 356 g/mol. The highest BCUT2D eigenvalue weighted by molar-refractivity contribution is 6.26. The van der Waals surface area contributed by atoms with E-state index in [-0.39, 0.29) is 17.8 Å². The molecule has 0 aliphatic carbocycles. The van der Waals surface area contributed by atoms with Crippen LogP contribution in [-0.2, 0) is 0 Å². The maximum atomic E-state index is 13.0. The number of benzene rings is 2. The van der Waals surface area contributed by atoms with E-state index in [4.69, 9.17) is 0 Å². The van der Waals surface area contributed by atoms with Gasteiger partial charge in [-0.1, -0.05) is 25.5 Å². The number of likely N-dealkylation sites (N-methyl/N-ethyl adjacent to an activating group) is 1. The molecule has 0 radical (unpaired) electrons. The van der Waals surface area contributed by atoms with Crippen molar-refractivity contribution in [1.29, 1.82) is 0 Å². The standard InChI is InChI=1S/C21H26N4O3/c1-4-5-9-22-21(28)23-15-12-14-7-6-8-16-18(14)17(13-15)20(27)25(19(16)26)11-10-24(2)3/h6-8,12-13H,4-5,9-11H2,1-3H3,(H2,22,23,28). The van der Waals surface area contributed by atoms with E-state index in [0.717, 1.165) is 18.2 Å². The van der Waals surface area contributed by atoms with Gasteiger partial charge < -0.3 is 15.5 Å². The summed E-state index contributed by atoms with van der Waals surface area (Å²) >= 11 is 0. The molecule has 7 nitrogen and oxygen atoms in total. The largest absolute Gasteiger partial charge is 0.338 e. The van der Waals surface area contributed by atoms with Crippen LogP contribution in [0, 0.1) is 0 Å². The van der Waals surface area contributed by atoms with Crippen LogP contribution in [0.1, 0.15) is 40.5 Å². The van der Waals surface area contributed by atoms with Crippen molar-refractivity contribution in [1.82, 2.24) is 15.1 Å². The second kappa shape index (κ2) is 8.39. The summed E-state index contributed by atoms with van der Waals surface area (Å²) in [5.41, 5.74) is 1.49. The zero-order chi connectivity index (χ0) is 20.3. The first kappa shape index (κ1) is 19.8. The lowest BCUT2D eigenvalue weighted by atomic mass is 9.93. The molecular formula is C21H26N4O3. The summed E-state index contributed by atoms with van der Waals surface area (Å²) in [7, 11) is 3.79. The van der Waals surface area contributed by atoms with E-state index in [0.29, 0.717) is 41.8 Å². The van der Waals surface area contributed by atoms with E-state index in [9.17, 15) is 14.4 Å². The van der Waals surface area contributed by atoms with E-state index >= 15 is 0 Å². The fraction of sp³-hybridized carbons (Fsp3) is 0.381. The Bertz CT molecular complexity index is 923. The van der Waals surface area contributed by atoms with Crippen LogP contribution in [0.25, 0.3) is 10.8 Å². The number of hydrogen-bond donors (Lipinski definition) is 2. The number of nitrogens with zero attached hydrogens (tertiary/aromatic N) is 2. The molecule has 1 heterocycles. The number of hydrogen-bond acceptors (Lipinski definition) is 4. The van der Waals surface area contributed by atoms with Gasteiger partial charge in [0, 0.05) is 36.3 Å². The minimum Gasteiger partial charge on any atom is -0.338 e. The molecule has 0 fully saturated rings. The summed E-state index contributed by atoms with van der Waals surface area (Å²) in [6.07, 6.45) is 1.90. The van der Waals surface area contributed by atoms with Crippen molar-refractivity contribution in [3.05, 3.63) is 41.5 Å². The highest BCUT2D eigenvalue weighted by atomic mass is 16.2. The lowest BCUT2D eigenvalue weighted by Gasteiger charge is -2.28. The molecule has 0 aromatic heterocycles. The first-order valence-electron chi connectivity index (χ1n) is 9.55. The zero-order valence-electron chi connectivity index (χ0n) is 16.5. The Morgan fingerprint density at radius 1 is 1.11 bits per heavy atom. The fourth-order valence-electron chi connectivity index (χ4n) is 3.29. The normalized spacial score (nSPS) is 13.4. The molecule has 148 valence electrons. The van der Waals surface area contributed by atoms with Gasteiger partial charge >= 0.3 is 6.03 Å². The highest BCUT2D eigenvalue weighted by Gasteiger charge is 2.33. The third kappa shape index (κ3) is 3.99. The SMILES string of the molecule is CCCCNC(=O)Nc1cc2c3c(cccc3c1)C(=O)N(CCN(C)C)C2=O. The minimum absolute atomic E-state index is 0.275. The summed E-state index contributed by atoms with van der Waals surface area (Å²) in [5, 5.41) is 7.00.